The first-order chi connectivity index (χ1) is 10.2. The molecule has 0 aromatic heterocycles. The van der Waals surface area contributed by atoms with Crippen LogP contribution >= 0.6 is 0 Å². The maximum absolute atomic E-state index is 10.2. The number of likely N-dealkylation sites (tertiary alicyclic amines) is 1. The zero-order chi connectivity index (χ0) is 15.7. The van der Waals surface area contributed by atoms with Crippen LogP contribution in [-0.4, -0.2) is 43.4 Å². The Hall–Kier alpha value is -1.30. The van der Waals surface area contributed by atoms with E-state index in [1.165, 1.54) is 19.5 Å². The molecule has 0 saturated carbocycles. The number of rotatable bonds is 7. The van der Waals surface area contributed by atoms with Gasteiger partial charge >= 0.3 is 0 Å². The molecule has 0 aliphatic carbocycles. The second-order valence-corrected chi connectivity index (χ2v) is 4.84. The van der Waals surface area contributed by atoms with E-state index < -0.39 is 6.10 Å². The molecule has 1 aromatic carbocycles. The fourth-order valence-corrected chi connectivity index (χ4v) is 2.25. The van der Waals surface area contributed by atoms with Crippen LogP contribution in [0, 0.1) is 0 Å². The van der Waals surface area contributed by atoms with Crippen molar-refractivity contribution in [2.45, 2.75) is 39.7 Å². The Labute approximate surface area is 134 Å². The smallest absolute Gasteiger partial charge is 0.161 e. The van der Waals surface area contributed by atoms with Crippen LogP contribution in [-0.2, 0) is 0 Å². The fourth-order valence-electron chi connectivity index (χ4n) is 2.25. The average Bonchev–Trinajstić information content (AvgIpc) is 2.48. The normalized spacial score (nSPS) is 14.8. The molecule has 5 nitrogen and oxygen atoms in total. The van der Waals surface area contributed by atoms with Gasteiger partial charge in [0, 0.05) is 6.54 Å². The molecule has 0 bridgehead atoms. The summed E-state index contributed by atoms with van der Waals surface area (Å²) in [6.45, 7) is 9.81. The van der Waals surface area contributed by atoms with Gasteiger partial charge in [0.2, 0.25) is 0 Å². The van der Waals surface area contributed by atoms with Crippen molar-refractivity contribution in [2.24, 2.45) is 0 Å². The molecule has 1 aliphatic heterocycles. The highest BCUT2D eigenvalue weighted by atomic mass is 16.5. The van der Waals surface area contributed by atoms with Crippen molar-refractivity contribution in [1.29, 1.82) is 0 Å². The van der Waals surface area contributed by atoms with Crippen LogP contribution < -0.4 is 15.6 Å². The van der Waals surface area contributed by atoms with Gasteiger partial charge in [0.25, 0.3) is 0 Å². The van der Waals surface area contributed by atoms with Gasteiger partial charge in [-0.15, -0.1) is 0 Å². The Balaban J connectivity index is 0.00000141. The van der Waals surface area contributed by atoms with Crippen molar-refractivity contribution in [3.8, 4) is 11.5 Å². The van der Waals surface area contributed by atoms with E-state index in [0.29, 0.717) is 18.1 Å². The molecule has 5 heteroatoms. The molecule has 4 N–H and O–H groups in total. The van der Waals surface area contributed by atoms with Gasteiger partial charge in [-0.25, -0.2) is 0 Å². The van der Waals surface area contributed by atoms with Crippen LogP contribution in [0.25, 0.3) is 0 Å². The maximum atomic E-state index is 10.2. The lowest BCUT2D eigenvalue weighted by Gasteiger charge is -2.31. The standard InChI is InChI=1S/C15H23NO3.C2H6.H3N/c1-3-19-15-11-12(5-6-14(15)18-2)13(17)7-10-16-8-4-9-16;1-2;/h5-6,11,13,17H,3-4,7-10H2,1-2H3;1-2H3;1H3. The molecule has 0 amide bonds. The van der Waals surface area contributed by atoms with Gasteiger partial charge in [0.1, 0.15) is 0 Å². The molecule has 1 saturated heterocycles. The van der Waals surface area contributed by atoms with Gasteiger partial charge in [0.15, 0.2) is 11.5 Å². The zero-order valence-electron chi connectivity index (χ0n) is 14.5. The topological polar surface area (TPSA) is 76.9 Å². The van der Waals surface area contributed by atoms with Crippen molar-refractivity contribution < 1.29 is 14.6 Å². The van der Waals surface area contributed by atoms with Gasteiger partial charge in [-0.3, -0.25) is 0 Å². The Morgan fingerprint density at radius 2 is 1.91 bits per heavy atom. The van der Waals surface area contributed by atoms with E-state index in [1.54, 1.807) is 7.11 Å². The number of aliphatic hydroxyl groups excluding tert-OH is 1. The van der Waals surface area contributed by atoms with Gasteiger partial charge in [0.05, 0.1) is 19.8 Å². The highest BCUT2D eigenvalue weighted by molar-refractivity contribution is 5.43. The summed E-state index contributed by atoms with van der Waals surface area (Å²) in [6.07, 6.45) is 1.61. The predicted octanol–water partition coefficient (Wildman–Crippen LogP) is 3.41. The third-order valence-electron chi connectivity index (χ3n) is 3.54. The summed E-state index contributed by atoms with van der Waals surface area (Å²) in [5.41, 5.74) is 0.893. The third kappa shape index (κ3) is 5.83. The van der Waals surface area contributed by atoms with Gasteiger partial charge < -0.3 is 25.6 Å². The molecule has 0 radical (unpaired) electrons. The Kier molecular flexibility index (Phi) is 10.6. The van der Waals surface area contributed by atoms with Crippen LogP contribution in [0.3, 0.4) is 0 Å². The maximum Gasteiger partial charge on any atom is 0.161 e. The second kappa shape index (κ2) is 11.3. The molecule has 1 unspecified atom stereocenters. The van der Waals surface area contributed by atoms with Crippen molar-refractivity contribution >= 4 is 0 Å². The van der Waals surface area contributed by atoms with E-state index >= 15 is 0 Å². The summed E-state index contributed by atoms with van der Waals surface area (Å²) in [7, 11) is 1.62. The Morgan fingerprint density at radius 3 is 2.41 bits per heavy atom. The van der Waals surface area contributed by atoms with Gasteiger partial charge in [-0.05, 0) is 50.6 Å². The highest BCUT2D eigenvalue weighted by Crippen LogP contribution is 2.31. The van der Waals surface area contributed by atoms with Crippen molar-refractivity contribution in [1.82, 2.24) is 11.1 Å². The zero-order valence-corrected chi connectivity index (χ0v) is 14.5. The highest BCUT2D eigenvalue weighted by Gasteiger charge is 2.17. The number of hydrogen-bond donors (Lipinski definition) is 2. The van der Waals surface area contributed by atoms with E-state index in [0.717, 1.165) is 18.5 Å². The van der Waals surface area contributed by atoms with E-state index in [1.807, 2.05) is 39.0 Å². The lowest BCUT2D eigenvalue weighted by molar-refractivity contribution is 0.116. The van der Waals surface area contributed by atoms with Crippen LogP contribution in [0.5, 0.6) is 11.5 Å². The number of aliphatic hydroxyl groups is 1. The first kappa shape index (κ1) is 20.7. The quantitative estimate of drug-likeness (QED) is 0.807. The molecule has 128 valence electrons. The minimum atomic E-state index is -0.439. The lowest BCUT2D eigenvalue weighted by Crippen LogP contribution is -2.38. The molecule has 1 aromatic rings. The summed E-state index contributed by atoms with van der Waals surface area (Å²) in [6, 6.07) is 5.64. The first-order valence-electron chi connectivity index (χ1n) is 7.95. The fraction of sp³-hybridized carbons (Fsp3) is 0.647. The van der Waals surface area contributed by atoms with Crippen molar-refractivity contribution in [3.63, 3.8) is 0 Å². The molecule has 1 aliphatic rings. The predicted molar refractivity (Wildman–Crippen MR) is 91.2 cm³/mol. The summed E-state index contributed by atoms with van der Waals surface area (Å²) in [5, 5.41) is 10.2. The minimum absolute atomic E-state index is 0. The number of benzene rings is 1. The largest absolute Gasteiger partial charge is 0.493 e. The molecule has 2 rings (SSSR count). The second-order valence-electron chi connectivity index (χ2n) is 4.84. The Bertz CT molecular complexity index is 409. The Morgan fingerprint density at radius 1 is 1.23 bits per heavy atom. The molecule has 0 spiro atoms. The third-order valence-corrected chi connectivity index (χ3v) is 3.54. The van der Waals surface area contributed by atoms with Crippen LogP contribution in [0.15, 0.2) is 18.2 Å². The number of methoxy groups -OCH3 is 1. The van der Waals surface area contributed by atoms with Gasteiger partial charge in [-0.2, -0.15) is 0 Å². The SMILES string of the molecule is CC.CCOc1cc(C(O)CCN2CCC2)ccc1OC.N. The van der Waals surface area contributed by atoms with Crippen molar-refractivity contribution in [3.05, 3.63) is 23.8 Å². The van der Waals surface area contributed by atoms with E-state index in [2.05, 4.69) is 4.90 Å². The summed E-state index contributed by atoms with van der Waals surface area (Å²) < 4.78 is 10.8. The van der Waals surface area contributed by atoms with E-state index in [-0.39, 0.29) is 6.15 Å². The molecule has 1 atom stereocenters. The van der Waals surface area contributed by atoms with Crippen LogP contribution in [0.1, 0.15) is 45.3 Å². The summed E-state index contributed by atoms with van der Waals surface area (Å²) in [4.78, 5) is 2.36. The van der Waals surface area contributed by atoms with Gasteiger partial charge in [-0.1, -0.05) is 19.9 Å². The number of nitrogens with zero attached hydrogens (tertiary/aromatic N) is 1. The first-order valence-corrected chi connectivity index (χ1v) is 7.95. The van der Waals surface area contributed by atoms with Crippen LogP contribution in [0.2, 0.25) is 0 Å². The number of ether oxygens (including phenoxy) is 2. The van der Waals surface area contributed by atoms with Crippen LogP contribution in [0.4, 0.5) is 0 Å². The molecule has 1 heterocycles. The molecular weight excluding hydrogens is 280 g/mol. The van der Waals surface area contributed by atoms with E-state index in [4.69, 9.17) is 9.47 Å². The summed E-state index contributed by atoms with van der Waals surface area (Å²) >= 11 is 0. The number of hydrogen-bond acceptors (Lipinski definition) is 5. The molecule has 1 fully saturated rings. The van der Waals surface area contributed by atoms with Crippen molar-refractivity contribution in [2.75, 3.05) is 33.4 Å². The monoisotopic (exact) mass is 312 g/mol. The summed E-state index contributed by atoms with van der Waals surface area (Å²) in [5.74, 6) is 1.41. The lowest BCUT2D eigenvalue weighted by atomic mass is 10.0. The van der Waals surface area contributed by atoms with E-state index in [9.17, 15) is 5.11 Å². The minimum Gasteiger partial charge on any atom is -0.493 e. The molecular formula is C17H32N2O3. The average molecular weight is 312 g/mol. The molecule has 22 heavy (non-hydrogen) atoms.